The van der Waals surface area contributed by atoms with Gasteiger partial charge in [-0.2, -0.15) is 15.5 Å². The Morgan fingerprint density at radius 2 is 2.33 bits per heavy atom. The molecule has 1 aromatic heterocycles. The Hall–Kier alpha value is -2.00. The van der Waals surface area contributed by atoms with Crippen LogP contribution in [0, 0.1) is 25.2 Å². The molecular formula is C12H15N5O. The highest BCUT2D eigenvalue weighted by Gasteiger charge is 2.28. The summed E-state index contributed by atoms with van der Waals surface area (Å²) in [6.07, 6.45) is 0. The highest BCUT2D eigenvalue weighted by molar-refractivity contribution is 5.95. The largest absolute Gasteiger partial charge is 0.320 e. The van der Waals surface area contributed by atoms with Gasteiger partial charge >= 0.3 is 0 Å². The highest BCUT2D eigenvalue weighted by Crippen LogP contribution is 2.13. The summed E-state index contributed by atoms with van der Waals surface area (Å²) in [6, 6.07) is 3.45. The number of piperazine rings is 1. The van der Waals surface area contributed by atoms with Gasteiger partial charge in [0.05, 0.1) is 23.0 Å². The Morgan fingerprint density at radius 3 is 3.06 bits per heavy atom. The summed E-state index contributed by atoms with van der Waals surface area (Å²) in [4.78, 5) is 14.0. The number of amides is 1. The molecule has 2 rings (SSSR count). The summed E-state index contributed by atoms with van der Waals surface area (Å²) < 4.78 is 0. The molecule has 0 spiro atoms. The zero-order chi connectivity index (χ0) is 13.1. The van der Waals surface area contributed by atoms with Gasteiger partial charge in [-0.25, -0.2) is 0 Å². The Kier molecular flexibility index (Phi) is 3.53. The third-order valence-electron chi connectivity index (χ3n) is 2.98. The minimum atomic E-state index is -0.417. The van der Waals surface area contributed by atoms with E-state index in [0.717, 1.165) is 0 Å². The number of carbonyl (C=O) groups is 1. The molecule has 0 radical (unpaired) electrons. The van der Waals surface area contributed by atoms with Crippen LogP contribution in [0.4, 0.5) is 0 Å². The maximum atomic E-state index is 12.4. The Labute approximate surface area is 106 Å². The molecule has 6 nitrogen and oxygen atoms in total. The number of carbonyl (C=O) groups excluding carboxylic acids is 1. The molecule has 1 amide bonds. The summed E-state index contributed by atoms with van der Waals surface area (Å²) in [7, 11) is 0. The molecule has 2 heterocycles. The van der Waals surface area contributed by atoms with Gasteiger partial charge in [0.15, 0.2) is 0 Å². The number of hydrogen-bond donors (Lipinski definition) is 1. The second-order valence-electron chi connectivity index (χ2n) is 4.33. The first-order valence-electron chi connectivity index (χ1n) is 5.85. The smallest absolute Gasteiger partial charge is 0.256 e. The van der Waals surface area contributed by atoms with E-state index in [2.05, 4.69) is 21.6 Å². The number of nitriles is 1. The normalized spacial score (nSPS) is 19.4. The molecule has 1 saturated heterocycles. The first kappa shape index (κ1) is 12.5. The van der Waals surface area contributed by atoms with Crippen LogP contribution in [0.3, 0.4) is 0 Å². The molecule has 0 saturated carbocycles. The Balaban J connectivity index is 2.30. The first-order chi connectivity index (χ1) is 8.63. The van der Waals surface area contributed by atoms with Crippen LogP contribution in [0.1, 0.15) is 21.7 Å². The molecule has 1 atom stereocenters. The fraction of sp³-hybridized carbons (Fsp3) is 0.500. The molecule has 0 aliphatic carbocycles. The van der Waals surface area contributed by atoms with Gasteiger partial charge in [0, 0.05) is 19.6 Å². The standard InChI is InChI=1S/C12H15N5O/c1-8-5-11(9(2)16-15-8)12(18)17-4-3-14-7-10(17)6-13/h5,10,14H,3-4,7H2,1-2H3. The quantitative estimate of drug-likeness (QED) is 0.755. The topological polar surface area (TPSA) is 81.9 Å². The van der Waals surface area contributed by atoms with Gasteiger partial charge in [0.1, 0.15) is 6.04 Å². The lowest BCUT2D eigenvalue weighted by Crippen LogP contribution is -2.53. The van der Waals surface area contributed by atoms with E-state index in [1.165, 1.54) is 0 Å². The highest BCUT2D eigenvalue weighted by atomic mass is 16.2. The molecular weight excluding hydrogens is 230 g/mol. The van der Waals surface area contributed by atoms with E-state index in [0.29, 0.717) is 36.6 Å². The minimum absolute atomic E-state index is 0.140. The molecule has 1 N–H and O–H groups in total. The number of nitrogens with zero attached hydrogens (tertiary/aromatic N) is 4. The van der Waals surface area contributed by atoms with Crippen molar-refractivity contribution in [3.63, 3.8) is 0 Å². The number of hydrogen-bond acceptors (Lipinski definition) is 5. The first-order valence-corrected chi connectivity index (χ1v) is 5.85. The molecule has 1 aliphatic rings. The van der Waals surface area contributed by atoms with E-state index in [-0.39, 0.29) is 5.91 Å². The van der Waals surface area contributed by atoms with Crippen molar-refractivity contribution in [3.05, 3.63) is 23.0 Å². The van der Waals surface area contributed by atoms with Crippen molar-refractivity contribution >= 4 is 5.91 Å². The lowest BCUT2D eigenvalue weighted by molar-refractivity contribution is 0.0685. The van der Waals surface area contributed by atoms with Crippen LogP contribution in [0.5, 0.6) is 0 Å². The molecule has 94 valence electrons. The molecule has 18 heavy (non-hydrogen) atoms. The predicted molar refractivity (Wildman–Crippen MR) is 64.8 cm³/mol. The van der Waals surface area contributed by atoms with Gasteiger partial charge < -0.3 is 10.2 Å². The van der Waals surface area contributed by atoms with Crippen LogP contribution in [-0.4, -0.2) is 46.7 Å². The molecule has 1 aromatic rings. The van der Waals surface area contributed by atoms with Crippen LogP contribution in [-0.2, 0) is 0 Å². The van der Waals surface area contributed by atoms with Crippen molar-refractivity contribution < 1.29 is 4.79 Å². The van der Waals surface area contributed by atoms with Gasteiger partial charge in [0.25, 0.3) is 5.91 Å². The monoisotopic (exact) mass is 245 g/mol. The second-order valence-corrected chi connectivity index (χ2v) is 4.33. The fourth-order valence-corrected chi connectivity index (χ4v) is 1.98. The predicted octanol–water partition coefficient (Wildman–Crippen LogP) is 0.0310. The number of aryl methyl sites for hydroxylation is 2. The number of nitrogens with one attached hydrogen (secondary N) is 1. The average molecular weight is 245 g/mol. The van der Waals surface area contributed by atoms with E-state index >= 15 is 0 Å². The zero-order valence-corrected chi connectivity index (χ0v) is 10.5. The minimum Gasteiger partial charge on any atom is -0.320 e. The average Bonchev–Trinajstić information content (AvgIpc) is 2.40. The van der Waals surface area contributed by atoms with Crippen LogP contribution in [0.2, 0.25) is 0 Å². The number of aromatic nitrogens is 2. The SMILES string of the molecule is Cc1cc(C(=O)N2CCNCC2C#N)c(C)nn1. The van der Waals surface area contributed by atoms with Crippen LogP contribution in [0.15, 0.2) is 6.07 Å². The molecule has 1 unspecified atom stereocenters. The van der Waals surface area contributed by atoms with Crippen molar-refractivity contribution in [1.82, 2.24) is 20.4 Å². The van der Waals surface area contributed by atoms with Crippen molar-refractivity contribution in [2.24, 2.45) is 0 Å². The van der Waals surface area contributed by atoms with Crippen LogP contribution < -0.4 is 5.32 Å². The van der Waals surface area contributed by atoms with E-state index in [1.54, 1.807) is 24.8 Å². The molecule has 1 fully saturated rings. The van der Waals surface area contributed by atoms with Crippen molar-refractivity contribution in [3.8, 4) is 6.07 Å². The molecule has 6 heteroatoms. The van der Waals surface area contributed by atoms with Crippen LogP contribution >= 0.6 is 0 Å². The molecule has 0 aromatic carbocycles. The maximum Gasteiger partial charge on any atom is 0.256 e. The van der Waals surface area contributed by atoms with Gasteiger partial charge in [-0.15, -0.1) is 0 Å². The molecule has 1 aliphatic heterocycles. The summed E-state index contributed by atoms with van der Waals surface area (Å²) in [5.74, 6) is -0.140. The fourth-order valence-electron chi connectivity index (χ4n) is 1.98. The Morgan fingerprint density at radius 1 is 1.56 bits per heavy atom. The summed E-state index contributed by atoms with van der Waals surface area (Å²) >= 11 is 0. The summed E-state index contributed by atoms with van der Waals surface area (Å²) in [6.45, 7) is 5.31. The van der Waals surface area contributed by atoms with E-state index < -0.39 is 6.04 Å². The summed E-state index contributed by atoms with van der Waals surface area (Å²) in [5, 5.41) is 20.0. The van der Waals surface area contributed by atoms with Gasteiger partial charge in [0.2, 0.25) is 0 Å². The Bertz CT molecular complexity index is 508. The zero-order valence-electron chi connectivity index (χ0n) is 10.5. The van der Waals surface area contributed by atoms with E-state index in [1.807, 2.05) is 0 Å². The van der Waals surface area contributed by atoms with Crippen molar-refractivity contribution in [2.45, 2.75) is 19.9 Å². The number of rotatable bonds is 1. The second kappa shape index (κ2) is 5.10. The van der Waals surface area contributed by atoms with Crippen molar-refractivity contribution in [1.29, 1.82) is 5.26 Å². The molecule has 0 bridgehead atoms. The lowest BCUT2D eigenvalue weighted by Gasteiger charge is -2.32. The summed E-state index contributed by atoms with van der Waals surface area (Å²) in [5.41, 5.74) is 1.83. The lowest BCUT2D eigenvalue weighted by atomic mass is 10.1. The van der Waals surface area contributed by atoms with Gasteiger partial charge in [-0.3, -0.25) is 4.79 Å². The maximum absolute atomic E-state index is 12.4. The van der Waals surface area contributed by atoms with Gasteiger partial charge in [-0.1, -0.05) is 0 Å². The van der Waals surface area contributed by atoms with Gasteiger partial charge in [-0.05, 0) is 19.9 Å². The van der Waals surface area contributed by atoms with Crippen molar-refractivity contribution in [2.75, 3.05) is 19.6 Å². The van der Waals surface area contributed by atoms with E-state index in [9.17, 15) is 4.79 Å². The third-order valence-corrected chi connectivity index (χ3v) is 2.98. The third kappa shape index (κ3) is 2.31. The van der Waals surface area contributed by atoms with E-state index in [4.69, 9.17) is 5.26 Å². The van der Waals surface area contributed by atoms with Crippen LogP contribution in [0.25, 0.3) is 0 Å².